The first kappa shape index (κ1) is 23.7. The van der Waals surface area contributed by atoms with Gasteiger partial charge in [-0.25, -0.2) is 9.97 Å². The largest absolute Gasteiger partial charge is 0.348 e. The van der Waals surface area contributed by atoms with Gasteiger partial charge in [0, 0.05) is 56.5 Å². The van der Waals surface area contributed by atoms with Gasteiger partial charge in [-0.15, -0.1) is 0 Å². The third kappa shape index (κ3) is 5.67. The molecule has 0 bridgehead atoms. The van der Waals surface area contributed by atoms with E-state index >= 15 is 0 Å². The summed E-state index contributed by atoms with van der Waals surface area (Å²) in [5, 5.41) is 0. The molecule has 6 rings (SSSR count). The maximum absolute atomic E-state index is 4.49. The Morgan fingerprint density at radius 2 is 1.46 bits per heavy atom. The van der Waals surface area contributed by atoms with Crippen LogP contribution in [0, 0.1) is 11.3 Å². The second kappa shape index (κ2) is 10.7. The summed E-state index contributed by atoms with van der Waals surface area (Å²) in [6.07, 6.45) is 23.1. The first-order valence-electron chi connectivity index (χ1n) is 14.4. The van der Waals surface area contributed by atoms with Crippen molar-refractivity contribution in [3.63, 3.8) is 0 Å². The zero-order chi connectivity index (χ0) is 23.5. The first-order chi connectivity index (χ1) is 17.2. The Hall–Kier alpha value is -1.70. The highest BCUT2D eigenvalue weighted by Gasteiger charge is 2.46. The summed E-state index contributed by atoms with van der Waals surface area (Å²) in [7, 11) is 0. The van der Waals surface area contributed by atoms with E-state index in [4.69, 9.17) is 0 Å². The molecule has 0 unspecified atom stereocenters. The Kier molecular flexibility index (Phi) is 7.26. The molecule has 4 heterocycles. The molecule has 192 valence electrons. The molecule has 4 aliphatic rings. The Morgan fingerprint density at radius 3 is 2.03 bits per heavy atom. The fourth-order valence-corrected chi connectivity index (χ4v) is 7.68. The summed E-state index contributed by atoms with van der Waals surface area (Å²) in [6, 6.07) is 1.53. The molecule has 2 N–H and O–H groups in total. The van der Waals surface area contributed by atoms with Crippen LogP contribution in [0.25, 0.3) is 0 Å². The highest BCUT2D eigenvalue weighted by Crippen LogP contribution is 2.43. The molecule has 7 heteroatoms. The van der Waals surface area contributed by atoms with Crippen molar-refractivity contribution in [1.82, 2.24) is 34.6 Å². The molecule has 0 radical (unpaired) electrons. The highest BCUT2D eigenvalue weighted by atomic mass is 15.2. The van der Waals surface area contributed by atoms with E-state index < -0.39 is 0 Å². The van der Waals surface area contributed by atoms with Crippen LogP contribution in [0.4, 0.5) is 0 Å². The Balaban J connectivity index is 0.944. The third-order valence-electron chi connectivity index (χ3n) is 9.73. The fraction of sp³-hybridized carbons (Fsp3) is 0.786. The summed E-state index contributed by atoms with van der Waals surface area (Å²) in [6.45, 7) is 8.54. The lowest BCUT2D eigenvalue weighted by Gasteiger charge is -2.56. The Bertz CT molecular complexity index is 828. The predicted octanol–water partition coefficient (Wildman–Crippen LogP) is 4.42. The Labute approximate surface area is 211 Å². The second-order valence-electron chi connectivity index (χ2n) is 12.1. The molecule has 2 aliphatic carbocycles. The van der Waals surface area contributed by atoms with E-state index in [1.807, 2.05) is 24.8 Å². The van der Waals surface area contributed by atoms with E-state index in [1.54, 1.807) is 0 Å². The smallest absolute Gasteiger partial charge is 0.120 e. The van der Waals surface area contributed by atoms with Crippen molar-refractivity contribution in [2.45, 2.75) is 95.8 Å². The van der Waals surface area contributed by atoms with Crippen LogP contribution in [0.5, 0.6) is 0 Å². The summed E-state index contributed by atoms with van der Waals surface area (Å²) >= 11 is 0. The molecule has 4 fully saturated rings. The number of imidazole rings is 2. The molecule has 1 spiro atoms. The standard InChI is InChI=1S/C28H45N7/c1-2-4-24(5-3-1)34-16-10-28(11-17-34)21-33(22-28)18-23-6-8-25(9-7-23)35(19-26-29-12-13-30-26)20-27-31-14-15-32-27/h12-15,23-25H,1-11,16-22H2,(H,29,30)(H,31,32)/t23-,25-. The zero-order valence-corrected chi connectivity index (χ0v) is 21.5. The summed E-state index contributed by atoms with van der Waals surface area (Å²) in [4.78, 5) is 23.8. The predicted molar refractivity (Wildman–Crippen MR) is 139 cm³/mol. The number of piperidine rings is 1. The SMILES string of the molecule is c1c[nH]c(CN(Cc2ncc[nH]2)[C@H]2CC[C@H](CN3CC4(CCN(C5CCCCC5)CC4)C3)CC2)n1. The van der Waals surface area contributed by atoms with Gasteiger partial charge in [0.05, 0.1) is 13.1 Å². The Morgan fingerprint density at radius 1 is 0.829 bits per heavy atom. The van der Waals surface area contributed by atoms with E-state index in [2.05, 4.69) is 34.6 Å². The number of aromatic nitrogens is 4. The molecule has 2 aliphatic heterocycles. The van der Waals surface area contributed by atoms with Crippen LogP contribution in [0.15, 0.2) is 24.8 Å². The molecule has 2 aromatic heterocycles. The summed E-state index contributed by atoms with van der Waals surface area (Å²) < 4.78 is 0. The van der Waals surface area contributed by atoms with Gasteiger partial charge in [-0.05, 0) is 75.8 Å². The molecule has 0 atom stereocenters. The molecule has 2 saturated carbocycles. The monoisotopic (exact) mass is 479 g/mol. The van der Waals surface area contributed by atoms with Crippen LogP contribution in [-0.4, -0.2) is 79.4 Å². The minimum Gasteiger partial charge on any atom is -0.348 e. The number of aromatic amines is 2. The molecule has 35 heavy (non-hydrogen) atoms. The molecule has 0 amide bonds. The molecule has 0 aromatic carbocycles. The van der Waals surface area contributed by atoms with Crippen molar-refractivity contribution in [1.29, 1.82) is 0 Å². The highest BCUT2D eigenvalue weighted by molar-refractivity contribution is 5.00. The van der Waals surface area contributed by atoms with Gasteiger partial charge in [0.25, 0.3) is 0 Å². The normalized spacial score (nSPS) is 28.5. The minimum absolute atomic E-state index is 0.619. The molecular formula is C28H45N7. The first-order valence-corrected chi connectivity index (χ1v) is 14.4. The van der Waals surface area contributed by atoms with Gasteiger partial charge in [0.2, 0.25) is 0 Å². The molecule has 2 saturated heterocycles. The number of hydrogen-bond acceptors (Lipinski definition) is 5. The van der Waals surface area contributed by atoms with Gasteiger partial charge in [-0.2, -0.15) is 0 Å². The lowest BCUT2D eigenvalue weighted by Crippen LogP contribution is -2.61. The fourth-order valence-electron chi connectivity index (χ4n) is 7.68. The van der Waals surface area contributed by atoms with Gasteiger partial charge in [-0.3, -0.25) is 4.90 Å². The van der Waals surface area contributed by atoms with Gasteiger partial charge in [0.15, 0.2) is 0 Å². The van der Waals surface area contributed by atoms with Crippen molar-refractivity contribution in [3.05, 3.63) is 36.4 Å². The molecule has 7 nitrogen and oxygen atoms in total. The lowest BCUT2D eigenvalue weighted by atomic mass is 9.71. The van der Waals surface area contributed by atoms with Crippen LogP contribution < -0.4 is 0 Å². The minimum atomic E-state index is 0.619. The van der Waals surface area contributed by atoms with Crippen LogP contribution in [0.3, 0.4) is 0 Å². The molecule has 2 aromatic rings. The lowest BCUT2D eigenvalue weighted by molar-refractivity contribution is -0.0652. The third-order valence-corrected chi connectivity index (χ3v) is 9.73. The van der Waals surface area contributed by atoms with Crippen LogP contribution in [0.2, 0.25) is 0 Å². The van der Waals surface area contributed by atoms with Gasteiger partial charge < -0.3 is 19.8 Å². The van der Waals surface area contributed by atoms with E-state index in [0.717, 1.165) is 36.7 Å². The number of H-pyrrole nitrogens is 2. The van der Waals surface area contributed by atoms with Crippen molar-refractivity contribution < 1.29 is 0 Å². The van der Waals surface area contributed by atoms with Crippen LogP contribution >= 0.6 is 0 Å². The second-order valence-corrected chi connectivity index (χ2v) is 12.1. The van der Waals surface area contributed by atoms with Gasteiger partial charge >= 0.3 is 0 Å². The van der Waals surface area contributed by atoms with Gasteiger partial charge in [0.1, 0.15) is 11.6 Å². The molecular weight excluding hydrogens is 434 g/mol. The quantitative estimate of drug-likeness (QED) is 0.587. The summed E-state index contributed by atoms with van der Waals surface area (Å²) in [5.41, 5.74) is 0.658. The van der Waals surface area contributed by atoms with Crippen molar-refractivity contribution in [2.75, 3.05) is 32.7 Å². The average Bonchev–Trinajstić information content (AvgIpc) is 3.59. The van der Waals surface area contributed by atoms with Gasteiger partial charge in [-0.1, -0.05) is 19.3 Å². The maximum atomic E-state index is 4.49. The average molecular weight is 480 g/mol. The van der Waals surface area contributed by atoms with Crippen molar-refractivity contribution in [3.8, 4) is 0 Å². The van der Waals surface area contributed by atoms with Crippen LogP contribution in [-0.2, 0) is 13.1 Å². The zero-order valence-electron chi connectivity index (χ0n) is 21.5. The van der Waals surface area contributed by atoms with E-state index in [9.17, 15) is 0 Å². The van der Waals surface area contributed by atoms with E-state index in [1.165, 1.54) is 103 Å². The van der Waals surface area contributed by atoms with E-state index in [-0.39, 0.29) is 0 Å². The topological polar surface area (TPSA) is 67.1 Å². The number of likely N-dealkylation sites (tertiary alicyclic amines) is 2. The van der Waals surface area contributed by atoms with Crippen LogP contribution in [0.1, 0.15) is 82.3 Å². The van der Waals surface area contributed by atoms with Crippen molar-refractivity contribution in [2.24, 2.45) is 11.3 Å². The number of hydrogen-bond donors (Lipinski definition) is 2. The summed E-state index contributed by atoms with van der Waals surface area (Å²) in [5.74, 6) is 2.98. The maximum Gasteiger partial charge on any atom is 0.120 e. The van der Waals surface area contributed by atoms with Crippen molar-refractivity contribution >= 4 is 0 Å². The number of nitrogens with one attached hydrogen (secondary N) is 2. The van der Waals surface area contributed by atoms with E-state index in [0.29, 0.717) is 11.5 Å². The number of nitrogens with zero attached hydrogens (tertiary/aromatic N) is 5. The number of rotatable bonds is 8.